The highest BCUT2D eigenvalue weighted by Gasteiger charge is 2.00. The Bertz CT molecular complexity index is 761. The van der Waals surface area contributed by atoms with E-state index in [4.69, 9.17) is 0 Å². The van der Waals surface area contributed by atoms with Crippen LogP contribution < -0.4 is 0 Å². The quantitative estimate of drug-likeness (QED) is 0.624. The molecule has 0 aliphatic carbocycles. The lowest BCUT2D eigenvalue weighted by molar-refractivity contribution is 0.0600. The minimum Gasteiger partial charge on any atom is -0.465 e. The van der Waals surface area contributed by atoms with Gasteiger partial charge in [0.15, 0.2) is 0 Å². The van der Waals surface area contributed by atoms with Gasteiger partial charge in [-0.1, -0.05) is 67.3 Å². The molecule has 3 aromatic carbocycles. The van der Waals surface area contributed by atoms with Crippen LogP contribution in [0.1, 0.15) is 15.9 Å². The molecular weight excluding hydrogens is 272 g/mol. The number of rotatable bonds is 2. The molecule has 0 atom stereocenters. The average Bonchev–Trinajstić information content (AvgIpc) is 2.62. The number of benzene rings is 3. The molecule has 0 unspecified atom stereocenters. The Balaban J connectivity index is 0.000000164. The molecule has 0 bridgehead atoms. The predicted octanol–water partition coefficient (Wildman–Crippen LogP) is 4.96. The van der Waals surface area contributed by atoms with Gasteiger partial charge in [-0.05, 0) is 34.5 Å². The molecule has 0 saturated carbocycles. The third kappa shape index (κ3) is 4.06. The van der Waals surface area contributed by atoms with Crippen LogP contribution in [0.4, 0.5) is 0 Å². The molecule has 0 saturated heterocycles. The van der Waals surface area contributed by atoms with Crippen LogP contribution in [-0.4, -0.2) is 13.1 Å². The van der Waals surface area contributed by atoms with Gasteiger partial charge in [-0.3, -0.25) is 0 Å². The first-order valence-electron chi connectivity index (χ1n) is 6.99. The van der Waals surface area contributed by atoms with Gasteiger partial charge in [0.25, 0.3) is 0 Å². The topological polar surface area (TPSA) is 26.3 Å². The molecule has 0 amide bonds. The lowest BCUT2D eigenvalue weighted by Crippen LogP contribution is -1.99. The average molecular weight is 290 g/mol. The van der Waals surface area contributed by atoms with Crippen molar-refractivity contribution in [2.45, 2.75) is 0 Å². The number of carbonyl (C=O) groups is 1. The Morgan fingerprint density at radius 2 is 1.55 bits per heavy atom. The van der Waals surface area contributed by atoms with E-state index in [1.165, 1.54) is 23.4 Å². The van der Waals surface area contributed by atoms with Crippen LogP contribution >= 0.6 is 0 Å². The Morgan fingerprint density at radius 3 is 2.18 bits per heavy atom. The fourth-order valence-electron chi connectivity index (χ4n) is 2.03. The molecule has 0 aliphatic rings. The summed E-state index contributed by atoms with van der Waals surface area (Å²) in [6.45, 7) is 3.74. The maximum atomic E-state index is 10.8. The van der Waals surface area contributed by atoms with Gasteiger partial charge in [0.05, 0.1) is 12.7 Å². The normalized spacial score (nSPS) is 9.50. The number of hydrogen-bond donors (Lipinski definition) is 0. The van der Waals surface area contributed by atoms with Crippen molar-refractivity contribution in [1.82, 2.24) is 0 Å². The molecule has 3 rings (SSSR count). The van der Waals surface area contributed by atoms with Crippen molar-refractivity contribution in [3.8, 4) is 0 Å². The highest BCUT2D eigenvalue weighted by Crippen LogP contribution is 2.15. The zero-order valence-corrected chi connectivity index (χ0v) is 12.5. The first kappa shape index (κ1) is 15.5. The Kier molecular flexibility index (Phi) is 5.50. The molecule has 2 nitrogen and oxygen atoms in total. The monoisotopic (exact) mass is 290 g/mol. The molecule has 0 spiro atoms. The van der Waals surface area contributed by atoms with Crippen LogP contribution in [0.25, 0.3) is 16.8 Å². The zero-order valence-electron chi connectivity index (χ0n) is 12.5. The van der Waals surface area contributed by atoms with Crippen molar-refractivity contribution in [3.63, 3.8) is 0 Å². The molecule has 0 aromatic heterocycles. The van der Waals surface area contributed by atoms with Crippen molar-refractivity contribution < 1.29 is 9.53 Å². The summed E-state index contributed by atoms with van der Waals surface area (Å²) < 4.78 is 4.50. The molecule has 3 aromatic rings. The molecular formula is C20H18O2. The van der Waals surface area contributed by atoms with Crippen molar-refractivity contribution in [2.24, 2.45) is 0 Å². The van der Waals surface area contributed by atoms with E-state index in [2.05, 4.69) is 53.8 Å². The number of ether oxygens (including phenoxy) is 1. The van der Waals surface area contributed by atoms with E-state index in [1.54, 1.807) is 24.3 Å². The molecule has 0 fully saturated rings. The van der Waals surface area contributed by atoms with E-state index < -0.39 is 0 Å². The van der Waals surface area contributed by atoms with Gasteiger partial charge in [0.1, 0.15) is 0 Å². The Labute approximate surface area is 130 Å². The molecule has 0 radical (unpaired) electrons. The van der Waals surface area contributed by atoms with Gasteiger partial charge in [0, 0.05) is 0 Å². The summed E-state index contributed by atoms with van der Waals surface area (Å²) >= 11 is 0. The van der Waals surface area contributed by atoms with Gasteiger partial charge in [-0.2, -0.15) is 0 Å². The third-order valence-electron chi connectivity index (χ3n) is 3.20. The zero-order chi connectivity index (χ0) is 15.8. The van der Waals surface area contributed by atoms with Gasteiger partial charge in [-0.25, -0.2) is 4.79 Å². The van der Waals surface area contributed by atoms with Gasteiger partial charge < -0.3 is 4.74 Å². The Hall–Kier alpha value is -2.87. The van der Waals surface area contributed by atoms with Crippen LogP contribution in [0, 0.1) is 0 Å². The van der Waals surface area contributed by atoms with Crippen molar-refractivity contribution in [3.05, 3.63) is 90.5 Å². The molecule has 0 heterocycles. The molecule has 22 heavy (non-hydrogen) atoms. The summed E-state index contributed by atoms with van der Waals surface area (Å²) in [7, 11) is 1.37. The van der Waals surface area contributed by atoms with Crippen LogP contribution in [0.3, 0.4) is 0 Å². The first-order chi connectivity index (χ1) is 10.7. The van der Waals surface area contributed by atoms with Crippen LogP contribution in [0.15, 0.2) is 79.4 Å². The third-order valence-corrected chi connectivity index (χ3v) is 3.20. The summed E-state index contributed by atoms with van der Waals surface area (Å²) in [5.74, 6) is -0.291. The van der Waals surface area contributed by atoms with Crippen LogP contribution in [0.2, 0.25) is 0 Å². The molecule has 2 heteroatoms. The maximum Gasteiger partial charge on any atom is 0.337 e. The number of methoxy groups -OCH3 is 1. The minimum absolute atomic E-state index is 0.291. The van der Waals surface area contributed by atoms with Crippen LogP contribution in [-0.2, 0) is 4.74 Å². The van der Waals surface area contributed by atoms with Crippen molar-refractivity contribution in [2.75, 3.05) is 7.11 Å². The van der Waals surface area contributed by atoms with E-state index in [9.17, 15) is 4.79 Å². The summed E-state index contributed by atoms with van der Waals surface area (Å²) in [5, 5.41) is 2.55. The number of esters is 1. The number of fused-ring (bicyclic) bond motifs is 1. The fraction of sp³-hybridized carbons (Fsp3) is 0.0500. The van der Waals surface area contributed by atoms with E-state index in [0.717, 1.165) is 0 Å². The lowest BCUT2D eigenvalue weighted by atomic mass is 10.1. The maximum absolute atomic E-state index is 10.8. The lowest BCUT2D eigenvalue weighted by Gasteiger charge is -1.97. The minimum atomic E-state index is -0.291. The van der Waals surface area contributed by atoms with E-state index in [1.807, 2.05) is 12.1 Å². The Morgan fingerprint density at radius 1 is 0.909 bits per heavy atom. The summed E-state index contributed by atoms with van der Waals surface area (Å²) in [6, 6.07) is 23.5. The second-order valence-electron chi connectivity index (χ2n) is 4.67. The molecule has 0 N–H and O–H groups in total. The fourth-order valence-corrected chi connectivity index (χ4v) is 2.03. The van der Waals surface area contributed by atoms with E-state index in [0.29, 0.717) is 5.56 Å². The number of hydrogen-bond acceptors (Lipinski definition) is 2. The largest absolute Gasteiger partial charge is 0.465 e. The standard InChI is InChI=1S/C12H10.C8H8O2/c1-2-10-7-8-11-5-3-4-6-12(11)9-10;1-10-8(9)7-5-3-2-4-6-7/h2-9H,1H2;2-6H,1H3. The van der Waals surface area contributed by atoms with Gasteiger partial charge in [0.2, 0.25) is 0 Å². The van der Waals surface area contributed by atoms with Crippen molar-refractivity contribution >= 4 is 22.8 Å². The SMILES string of the molecule is C=Cc1ccc2ccccc2c1.COC(=O)c1ccccc1. The van der Waals surface area contributed by atoms with E-state index in [-0.39, 0.29) is 5.97 Å². The summed E-state index contributed by atoms with van der Waals surface area (Å²) in [6.07, 6.45) is 1.87. The predicted molar refractivity (Wildman–Crippen MR) is 91.8 cm³/mol. The van der Waals surface area contributed by atoms with E-state index >= 15 is 0 Å². The first-order valence-corrected chi connectivity index (χ1v) is 6.99. The summed E-state index contributed by atoms with van der Waals surface area (Å²) in [4.78, 5) is 10.8. The van der Waals surface area contributed by atoms with Crippen LogP contribution in [0.5, 0.6) is 0 Å². The van der Waals surface area contributed by atoms with Gasteiger partial charge in [-0.15, -0.1) is 0 Å². The molecule has 0 aliphatic heterocycles. The van der Waals surface area contributed by atoms with Crippen molar-refractivity contribution in [1.29, 1.82) is 0 Å². The number of carbonyl (C=O) groups excluding carboxylic acids is 1. The second kappa shape index (κ2) is 7.79. The highest BCUT2D eigenvalue weighted by molar-refractivity contribution is 5.89. The smallest absolute Gasteiger partial charge is 0.337 e. The summed E-state index contributed by atoms with van der Waals surface area (Å²) in [5.41, 5.74) is 1.76. The molecule has 110 valence electrons. The second-order valence-corrected chi connectivity index (χ2v) is 4.67. The van der Waals surface area contributed by atoms with Gasteiger partial charge >= 0.3 is 5.97 Å². The highest BCUT2D eigenvalue weighted by atomic mass is 16.5.